The number of aromatic nitrogens is 2. The van der Waals surface area contributed by atoms with Crippen LogP contribution in [0.5, 0.6) is 5.75 Å². The summed E-state index contributed by atoms with van der Waals surface area (Å²) in [6.07, 6.45) is 5.21. The Morgan fingerprint density at radius 2 is 1.76 bits per heavy atom. The fraction of sp³-hybridized carbons (Fsp3) is 0.250. The smallest absolute Gasteiger partial charge is 0.325 e. The van der Waals surface area contributed by atoms with Crippen molar-refractivity contribution in [2.45, 2.75) is 31.6 Å². The predicted molar refractivity (Wildman–Crippen MR) is 114 cm³/mol. The molecule has 3 aromatic rings. The number of para-hydroxylation sites is 1. The second kappa shape index (κ2) is 8.35. The fourth-order valence-electron chi connectivity index (χ4n) is 4.10. The quantitative estimate of drug-likeness (QED) is 0.693. The highest BCUT2D eigenvalue weighted by molar-refractivity contribution is 5.71. The lowest BCUT2D eigenvalue weighted by molar-refractivity contribution is 0.413. The molecule has 4 rings (SSSR count). The van der Waals surface area contributed by atoms with Gasteiger partial charge in [-0.05, 0) is 36.5 Å². The molecule has 0 fully saturated rings. The summed E-state index contributed by atoms with van der Waals surface area (Å²) < 4.78 is 5.49. The molecule has 2 aromatic carbocycles. The van der Waals surface area contributed by atoms with Crippen LogP contribution in [0.4, 0.5) is 0 Å². The third-order valence-corrected chi connectivity index (χ3v) is 5.57. The molecule has 0 amide bonds. The van der Waals surface area contributed by atoms with Crippen molar-refractivity contribution in [3.8, 4) is 5.75 Å². The van der Waals surface area contributed by atoms with E-state index in [2.05, 4.69) is 22.1 Å². The Morgan fingerprint density at radius 3 is 2.48 bits per heavy atom. The number of nitrogens with one attached hydrogen (secondary N) is 2. The van der Waals surface area contributed by atoms with E-state index in [0.717, 1.165) is 41.8 Å². The lowest BCUT2D eigenvalue weighted by Gasteiger charge is -2.24. The minimum atomic E-state index is -0.443. The van der Waals surface area contributed by atoms with Crippen molar-refractivity contribution < 1.29 is 4.74 Å². The Bertz CT molecular complexity index is 1140. The largest absolute Gasteiger partial charge is 0.496 e. The maximum atomic E-state index is 12.6. The zero-order chi connectivity index (χ0) is 20.2. The number of rotatable bonds is 5. The summed E-state index contributed by atoms with van der Waals surface area (Å²) in [5, 5.41) is 0. The van der Waals surface area contributed by atoms with E-state index < -0.39 is 5.69 Å². The number of hydrogen-bond acceptors (Lipinski definition) is 3. The summed E-state index contributed by atoms with van der Waals surface area (Å²) in [4.78, 5) is 29.9. The van der Waals surface area contributed by atoms with Crippen LogP contribution in [0.1, 0.15) is 47.6 Å². The topological polar surface area (TPSA) is 75.0 Å². The lowest BCUT2D eigenvalue weighted by Crippen LogP contribution is -2.30. The molecule has 5 nitrogen and oxygen atoms in total. The number of aromatic amines is 2. The van der Waals surface area contributed by atoms with Gasteiger partial charge in [-0.2, -0.15) is 0 Å². The van der Waals surface area contributed by atoms with Gasteiger partial charge >= 0.3 is 5.69 Å². The van der Waals surface area contributed by atoms with Gasteiger partial charge in [0.25, 0.3) is 5.56 Å². The Kier molecular flexibility index (Phi) is 5.47. The van der Waals surface area contributed by atoms with Gasteiger partial charge in [-0.3, -0.25) is 9.78 Å². The molecule has 0 radical (unpaired) electrons. The summed E-state index contributed by atoms with van der Waals surface area (Å²) in [5.41, 5.74) is 4.07. The Labute approximate surface area is 169 Å². The molecule has 0 aliphatic heterocycles. The van der Waals surface area contributed by atoms with Crippen LogP contribution >= 0.6 is 0 Å². The van der Waals surface area contributed by atoms with Crippen molar-refractivity contribution in [3.63, 3.8) is 0 Å². The summed E-state index contributed by atoms with van der Waals surface area (Å²) >= 11 is 0. The predicted octanol–water partition coefficient (Wildman–Crippen LogP) is 4.01. The van der Waals surface area contributed by atoms with Crippen LogP contribution in [0.3, 0.4) is 0 Å². The summed E-state index contributed by atoms with van der Waals surface area (Å²) in [5.74, 6) is 0.980. The Balaban J connectivity index is 1.65. The van der Waals surface area contributed by atoms with Crippen LogP contribution in [0, 0.1) is 0 Å². The van der Waals surface area contributed by atoms with Gasteiger partial charge in [-0.1, -0.05) is 54.6 Å². The van der Waals surface area contributed by atoms with Crippen LogP contribution in [0.2, 0.25) is 0 Å². The number of allylic oxidation sites excluding steroid dienone is 2. The number of H-pyrrole nitrogens is 2. The molecule has 2 N–H and O–H groups in total. The monoisotopic (exact) mass is 388 g/mol. The third kappa shape index (κ3) is 4.09. The Hall–Kier alpha value is -3.34. The average Bonchev–Trinajstić information content (AvgIpc) is 2.76. The van der Waals surface area contributed by atoms with Crippen LogP contribution in [0.25, 0.3) is 5.57 Å². The minimum absolute atomic E-state index is 0.113. The maximum absolute atomic E-state index is 12.6. The van der Waals surface area contributed by atoms with Crippen molar-refractivity contribution in [2.24, 2.45) is 0 Å². The molecular formula is C24H24N2O3. The van der Waals surface area contributed by atoms with Gasteiger partial charge in [0, 0.05) is 29.2 Å². The molecule has 1 unspecified atom stereocenters. The SMILES string of the molecule is COc1ccccc1C1=CCC(c2[nH]c(=O)[nH]c(=O)c2Cc2ccccc2)CC1. The molecule has 5 heteroatoms. The van der Waals surface area contributed by atoms with Crippen molar-refractivity contribution in [1.29, 1.82) is 0 Å². The van der Waals surface area contributed by atoms with Crippen LogP contribution in [-0.4, -0.2) is 17.1 Å². The first kappa shape index (κ1) is 19.0. The standard InChI is InChI=1S/C24H24N2O3/c1-29-21-10-6-5-9-19(21)17-11-13-18(14-12-17)22-20(23(27)26-24(28)25-22)15-16-7-3-2-4-8-16/h2-11,18H,12-15H2,1H3,(H2,25,26,27,28). The van der Waals surface area contributed by atoms with Gasteiger partial charge in [0.05, 0.1) is 7.11 Å². The summed E-state index contributed by atoms with van der Waals surface area (Å²) in [7, 11) is 1.68. The zero-order valence-electron chi connectivity index (χ0n) is 16.4. The molecule has 0 spiro atoms. The summed E-state index contributed by atoms with van der Waals surface area (Å²) in [6, 6.07) is 17.9. The number of ether oxygens (including phenoxy) is 1. The van der Waals surface area contributed by atoms with Gasteiger partial charge in [0.1, 0.15) is 5.75 Å². The highest BCUT2D eigenvalue weighted by atomic mass is 16.5. The first-order valence-corrected chi connectivity index (χ1v) is 9.87. The average molecular weight is 388 g/mol. The van der Waals surface area contributed by atoms with Gasteiger partial charge in [0.2, 0.25) is 0 Å². The van der Waals surface area contributed by atoms with E-state index >= 15 is 0 Å². The van der Waals surface area contributed by atoms with E-state index in [9.17, 15) is 9.59 Å². The van der Waals surface area contributed by atoms with Gasteiger partial charge in [-0.25, -0.2) is 4.79 Å². The molecule has 0 saturated heterocycles. The van der Waals surface area contributed by atoms with E-state index in [1.54, 1.807) is 7.11 Å². The maximum Gasteiger partial charge on any atom is 0.325 e. The third-order valence-electron chi connectivity index (χ3n) is 5.57. The minimum Gasteiger partial charge on any atom is -0.496 e. The van der Waals surface area contributed by atoms with Gasteiger partial charge in [-0.15, -0.1) is 0 Å². The van der Waals surface area contributed by atoms with Crippen LogP contribution in [0.15, 0.2) is 70.3 Å². The van der Waals surface area contributed by atoms with Crippen molar-refractivity contribution in [3.05, 3.63) is 104 Å². The van der Waals surface area contributed by atoms with E-state index in [1.165, 1.54) is 5.57 Å². The van der Waals surface area contributed by atoms with Crippen LogP contribution in [-0.2, 0) is 6.42 Å². The first-order valence-electron chi connectivity index (χ1n) is 9.87. The highest BCUT2D eigenvalue weighted by Crippen LogP contribution is 2.38. The molecule has 148 valence electrons. The summed E-state index contributed by atoms with van der Waals surface area (Å²) in [6.45, 7) is 0. The van der Waals surface area contributed by atoms with Gasteiger partial charge < -0.3 is 9.72 Å². The van der Waals surface area contributed by atoms with E-state index in [0.29, 0.717) is 12.0 Å². The number of methoxy groups -OCH3 is 1. The second-order valence-corrected chi connectivity index (χ2v) is 7.36. The zero-order valence-corrected chi connectivity index (χ0v) is 16.4. The Morgan fingerprint density at radius 1 is 1.00 bits per heavy atom. The van der Waals surface area contributed by atoms with E-state index in [1.807, 2.05) is 48.5 Å². The van der Waals surface area contributed by atoms with E-state index in [-0.39, 0.29) is 11.5 Å². The number of hydrogen-bond donors (Lipinski definition) is 2. The molecule has 1 heterocycles. The van der Waals surface area contributed by atoms with Crippen molar-refractivity contribution in [2.75, 3.05) is 7.11 Å². The van der Waals surface area contributed by atoms with Crippen molar-refractivity contribution >= 4 is 5.57 Å². The molecule has 29 heavy (non-hydrogen) atoms. The molecule has 1 aliphatic rings. The second-order valence-electron chi connectivity index (χ2n) is 7.36. The normalized spacial score (nSPS) is 16.3. The fourth-order valence-corrected chi connectivity index (χ4v) is 4.10. The van der Waals surface area contributed by atoms with E-state index in [4.69, 9.17) is 4.74 Å². The lowest BCUT2D eigenvalue weighted by atomic mass is 9.82. The molecule has 1 atom stereocenters. The van der Waals surface area contributed by atoms with Crippen LogP contribution < -0.4 is 16.0 Å². The number of benzene rings is 2. The molecule has 0 bridgehead atoms. The highest BCUT2D eigenvalue weighted by Gasteiger charge is 2.23. The van der Waals surface area contributed by atoms with Gasteiger partial charge in [0.15, 0.2) is 0 Å². The molecule has 1 aliphatic carbocycles. The molecule has 1 aromatic heterocycles. The molecule has 0 saturated carbocycles. The van der Waals surface area contributed by atoms with Crippen molar-refractivity contribution in [1.82, 2.24) is 9.97 Å². The first-order chi connectivity index (χ1) is 14.2. The molecular weight excluding hydrogens is 364 g/mol.